The molecule has 1 heterocycles. The van der Waals surface area contributed by atoms with Gasteiger partial charge in [0.15, 0.2) is 11.5 Å². The van der Waals surface area contributed by atoms with Gasteiger partial charge in [0.25, 0.3) is 10.2 Å². The van der Waals surface area contributed by atoms with Crippen LogP contribution in [0.4, 0.5) is 0 Å². The van der Waals surface area contributed by atoms with Crippen molar-refractivity contribution in [3.8, 4) is 11.5 Å². The van der Waals surface area contributed by atoms with Gasteiger partial charge >= 0.3 is 0 Å². The van der Waals surface area contributed by atoms with E-state index in [1.807, 2.05) is 42.5 Å². The first-order valence-electron chi connectivity index (χ1n) is 7.55. The highest BCUT2D eigenvalue weighted by Gasteiger charge is 2.35. The molecule has 24 heavy (non-hydrogen) atoms. The first-order valence-corrected chi connectivity index (χ1v) is 9.05. The summed E-state index contributed by atoms with van der Waals surface area (Å²) in [4.78, 5) is 0. The molecule has 0 amide bonds. The Bertz CT molecular complexity index is 837. The average molecular weight is 348 g/mol. The third-order valence-electron chi connectivity index (χ3n) is 4.27. The van der Waals surface area contributed by atoms with E-state index in [2.05, 4.69) is 0 Å². The number of nitrogens with zero attached hydrogens (tertiary/aromatic N) is 1. The predicted octanol–water partition coefficient (Wildman–Crippen LogP) is 1.85. The quantitative estimate of drug-likeness (QED) is 0.914. The molecule has 0 saturated carbocycles. The van der Waals surface area contributed by atoms with Gasteiger partial charge in [0.05, 0.1) is 20.3 Å². The summed E-state index contributed by atoms with van der Waals surface area (Å²) in [5, 5.41) is 5.46. The maximum atomic E-state index is 12.1. The monoisotopic (exact) mass is 348 g/mol. The van der Waals surface area contributed by atoms with Crippen LogP contribution in [-0.2, 0) is 16.6 Å². The zero-order chi connectivity index (χ0) is 17.3. The standard InChI is InChI=1S/C17H20N2O4S/c1-22-15-10-13-8-9-19(24(18,20)21)17(12-6-4-3-5-7-12)14(13)11-16(15)23-2/h3-7,10-11,17H,8-9H2,1-2H3,(H2,18,20,21)/t17-/m0/s1. The van der Waals surface area contributed by atoms with Crippen LogP contribution in [0.3, 0.4) is 0 Å². The number of ether oxygens (including phenoxy) is 2. The largest absolute Gasteiger partial charge is 0.493 e. The highest BCUT2D eigenvalue weighted by Crippen LogP contribution is 2.41. The van der Waals surface area contributed by atoms with Gasteiger partial charge in [0, 0.05) is 6.54 Å². The van der Waals surface area contributed by atoms with E-state index in [0.29, 0.717) is 24.5 Å². The molecule has 0 aromatic heterocycles. The second-order valence-electron chi connectivity index (χ2n) is 5.62. The second-order valence-corrected chi connectivity index (χ2v) is 7.12. The van der Waals surface area contributed by atoms with Crippen molar-refractivity contribution >= 4 is 10.2 Å². The first-order chi connectivity index (χ1) is 11.5. The number of hydrogen-bond acceptors (Lipinski definition) is 4. The molecule has 2 N–H and O–H groups in total. The number of rotatable bonds is 4. The van der Waals surface area contributed by atoms with E-state index < -0.39 is 16.3 Å². The van der Waals surface area contributed by atoms with Crippen LogP contribution in [-0.4, -0.2) is 33.5 Å². The van der Waals surface area contributed by atoms with Gasteiger partial charge in [-0.15, -0.1) is 0 Å². The Hall–Kier alpha value is -2.09. The lowest BCUT2D eigenvalue weighted by Gasteiger charge is -2.36. The highest BCUT2D eigenvalue weighted by molar-refractivity contribution is 7.86. The normalized spacial score (nSPS) is 18.0. The zero-order valence-corrected chi connectivity index (χ0v) is 14.4. The molecule has 1 atom stereocenters. The van der Waals surface area contributed by atoms with Crippen molar-refractivity contribution in [2.45, 2.75) is 12.5 Å². The van der Waals surface area contributed by atoms with Gasteiger partial charge in [-0.1, -0.05) is 30.3 Å². The molecule has 2 aromatic carbocycles. The summed E-state index contributed by atoms with van der Waals surface area (Å²) in [6.45, 7) is 0.320. The lowest BCUT2D eigenvalue weighted by Crippen LogP contribution is -2.44. The van der Waals surface area contributed by atoms with E-state index >= 15 is 0 Å². The van der Waals surface area contributed by atoms with Crippen LogP contribution >= 0.6 is 0 Å². The summed E-state index contributed by atoms with van der Waals surface area (Å²) in [7, 11) is -0.701. The summed E-state index contributed by atoms with van der Waals surface area (Å²) >= 11 is 0. The Morgan fingerprint density at radius 3 is 2.29 bits per heavy atom. The minimum atomic E-state index is -3.84. The van der Waals surface area contributed by atoms with E-state index in [1.54, 1.807) is 14.2 Å². The van der Waals surface area contributed by atoms with Gasteiger partial charge in [-0.2, -0.15) is 12.7 Å². The van der Waals surface area contributed by atoms with Crippen molar-refractivity contribution in [1.29, 1.82) is 0 Å². The van der Waals surface area contributed by atoms with Crippen molar-refractivity contribution in [2.75, 3.05) is 20.8 Å². The molecule has 0 radical (unpaired) electrons. The molecule has 3 rings (SSSR count). The fourth-order valence-electron chi connectivity index (χ4n) is 3.18. The lowest BCUT2D eigenvalue weighted by atomic mass is 9.89. The minimum absolute atomic E-state index is 0.320. The van der Waals surface area contributed by atoms with Crippen LogP contribution in [0.15, 0.2) is 42.5 Å². The van der Waals surface area contributed by atoms with Gasteiger partial charge in [-0.05, 0) is 35.2 Å². The summed E-state index contributed by atoms with van der Waals surface area (Å²) in [5.74, 6) is 1.19. The zero-order valence-electron chi connectivity index (χ0n) is 13.6. The van der Waals surface area contributed by atoms with Crippen molar-refractivity contribution in [2.24, 2.45) is 5.14 Å². The Morgan fingerprint density at radius 2 is 1.71 bits per heavy atom. The van der Waals surface area contributed by atoms with E-state index in [0.717, 1.165) is 16.7 Å². The summed E-state index contributed by atoms with van der Waals surface area (Å²) in [6.07, 6.45) is 0.565. The smallest absolute Gasteiger partial charge is 0.277 e. The van der Waals surface area contributed by atoms with Crippen molar-refractivity contribution in [3.05, 3.63) is 59.2 Å². The minimum Gasteiger partial charge on any atom is -0.493 e. The van der Waals surface area contributed by atoms with Crippen LogP contribution in [0, 0.1) is 0 Å². The number of methoxy groups -OCH3 is 2. The number of hydrogen-bond donors (Lipinski definition) is 1. The molecule has 0 saturated heterocycles. The van der Waals surface area contributed by atoms with Gasteiger partial charge in [-0.3, -0.25) is 0 Å². The SMILES string of the molecule is COc1cc2c(cc1OC)[C@H](c1ccccc1)N(S(N)(=O)=O)CC2. The molecule has 2 aromatic rings. The molecule has 128 valence electrons. The summed E-state index contributed by atoms with van der Waals surface area (Å²) in [6, 6.07) is 12.7. The predicted molar refractivity (Wildman–Crippen MR) is 91.3 cm³/mol. The average Bonchev–Trinajstić information content (AvgIpc) is 2.59. The third kappa shape index (κ3) is 2.98. The molecular weight excluding hydrogens is 328 g/mol. The first kappa shape index (κ1) is 16.8. The Kier molecular flexibility index (Phi) is 4.49. The molecule has 0 bridgehead atoms. The van der Waals surface area contributed by atoms with Gasteiger partial charge in [-0.25, -0.2) is 5.14 Å². The molecule has 0 unspecified atom stereocenters. The fraction of sp³-hybridized carbons (Fsp3) is 0.294. The molecule has 0 aliphatic carbocycles. The Balaban J connectivity index is 2.21. The van der Waals surface area contributed by atoms with E-state index in [-0.39, 0.29) is 0 Å². The summed E-state index contributed by atoms with van der Waals surface area (Å²) in [5.41, 5.74) is 2.75. The second kappa shape index (κ2) is 6.43. The molecular formula is C17H20N2O4S. The van der Waals surface area contributed by atoms with Gasteiger partial charge in [0.1, 0.15) is 0 Å². The Labute approximate surface area is 142 Å². The van der Waals surface area contributed by atoms with Crippen molar-refractivity contribution < 1.29 is 17.9 Å². The van der Waals surface area contributed by atoms with Gasteiger partial charge < -0.3 is 9.47 Å². The van der Waals surface area contributed by atoms with Crippen molar-refractivity contribution in [3.63, 3.8) is 0 Å². The molecule has 6 nitrogen and oxygen atoms in total. The van der Waals surface area contributed by atoms with E-state index in [4.69, 9.17) is 14.6 Å². The van der Waals surface area contributed by atoms with Crippen LogP contribution < -0.4 is 14.6 Å². The van der Waals surface area contributed by atoms with Crippen LogP contribution in [0.25, 0.3) is 0 Å². The molecule has 1 aliphatic heterocycles. The molecule has 0 fully saturated rings. The van der Waals surface area contributed by atoms with Crippen LogP contribution in [0.1, 0.15) is 22.7 Å². The maximum absolute atomic E-state index is 12.1. The number of nitrogens with two attached hydrogens (primary N) is 1. The van der Waals surface area contributed by atoms with Crippen molar-refractivity contribution in [1.82, 2.24) is 4.31 Å². The van der Waals surface area contributed by atoms with Crippen LogP contribution in [0.2, 0.25) is 0 Å². The third-order valence-corrected chi connectivity index (χ3v) is 5.32. The lowest BCUT2D eigenvalue weighted by molar-refractivity contribution is 0.332. The highest BCUT2D eigenvalue weighted by atomic mass is 32.2. The maximum Gasteiger partial charge on any atom is 0.277 e. The van der Waals surface area contributed by atoms with Crippen LogP contribution in [0.5, 0.6) is 11.5 Å². The van der Waals surface area contributed by atoms with E-state index in [9.17, 15) is 8.42 Å². The number of fused-ring (bicyclic) bond motifs is 1. The fourth-order valence-corrected chi connectivity index (χ4v) is 4.05. The van der Waals surface area contributed by atoms with Gasteiger partial charge in [0.2, 0.25) is 0 Å². The summed E-state index contributed by atoms with van der Waals surface area (Å²) < 4.78 is 36.3. The van der Waals surface area contributed by atoms with E-state index in [1.165, 1.54) is 4.31 Å². The molecule has 0 spiro atoms. The number of benzene rings is 2. The Morgan fingerprint density at radius 1 is 1.08 bits per heavy atom. The molecule has 7 heteroatoms. The molecule has 1 aliphatic rings. The topological polar surface area (TPSA) is 81.9 Å².